The highest BCUT2D eigenvalue weighted by molar-refractivity contribution is 7.08. The number of nitrogens with zero attached hydrogens (tertiary/aromatic N) is 1. The quantitative estimate of drug-likeness (QED) is 0.780. The molecule has 0 saturated carbocycles. The van der Waals surface area contributed by atoms with E-state index in [-0.39, 0.29) is 0 Å². The molecule has 1 atom stereocenters. The number of anilines is 1. The fourth-order valence-electron chi connectivity index (χ4n) is 1.87. The summed E-state index contributed by atoms with van der Waals surface area (Å²) in [6.45, 7) is 2.43. The molecule has 3 heteroatoms. The molecule has 1 aromatic heterocycles. The van der Waals surface area contributed by atoms with Crippen molar-refractivity contribution in [2.24, 2.45) is 0 Å². The molecule has 2 nitrogen and oxygen atoms in total. The number of likely N-dealkylation sites (N-methyl/N-ethyl adjacent to an activating group) is 1. The van der Waals surface area contributed by atoms with Gasteiger partial charge in [0.05, 0.1) is 0 Å². The highest BCUT2D eigenvalue weighted by Gasteiger charge is 2.16. The molecule has 2 rings (SSSR count). The first kappa shape index (κ1) is 9.03. The van der Waals surface area contributed by atoms with Crippen LogP contribution in [-0.4, -0.2) is 31.1 Å². The highest BCUT2D eigenvalue weighted by Crippen LogP contribution is 2.17. The molecular formula is C10H16N2S. The van der Waals surface area contributed by atoms with Gasteiger partial charge in [-0.2, -0.15) is 11.3 Å². The van der Waals surface area contributed by atoms with Crippen LogP contribution in [0.3, 0.4) is 0 Å². The molecule has 1 N–H and O–H groups in total. The molecule has 0 radical (unpaired) electrons. The topological polar surface area (TPSA) is 15.3 Å². The van der Waals surface area contributed by atoms with E-state index in [2.05, 4.69) is 34.1 Å². The molecule has 1 aromatic rings. The molecule has 0 aliphatic carbocycles. The van der Waals surface area contributed by atoms with Crippen molar-refractivity contribution in [2.45, 2.75) is 18.9 Å². The van der Waals surface area contributed by atoms with Gasteiger partial charge in [0.1, 0.15) is 0 Å². The summed E-state index contributed by atoms with van der Waals surface area (Å²) in [5, 5.41) is 7.86. The normalized spacial score (nSPS) is 24.5. The second-order valence-corrected chi connectivity index (χ2v) is 4.54. The largest absolute Gasteiger partial charge is 0.380 e. The third-order valence-corrected chi connectivity index (χ3v) is 3.20. The standard InChI is InChI=1S/C10H16N2S/c1-12-5-2-3-9(7-12)11-10-4-6-13-8-10/h4,6,8-9,11H,2-3,5,7H2,1H3. The number of hydrogen-bond donors (Lipinski definition) is 1. The van der Waals surface area contributed by atoms with Crippen LogP contribution in [0.5, 0.6) is 0 Å². The monoisotopic (exact) mass is 196 g/mol. The first-order chi connectivity index (χ1) is 6.34. The van der Waals surface area contributed by atoms with Gasteiger partial charge in [0.2, 0.25) is 0 Å². The summed E-state index contributed by atoms with van der Waals surface area (Å²) in [5.41, 5.74) is 1.28. The minimum absolute atomic E-state index is 0.647. The van der Waals surface area contributed by atoms with Crippen LogP contribution in [0.4, 0.5) is 5.69 Å². The first-order valence-electron chi connectivity index (χ1n) is 4.82. The van der Waals surface area contributed by atoms with Crippen LogP contribution in [0.15, 0.2) is 16.8 Å². The van der Waals surface area contributed by atoms with Crippen molar-refractivity contribution in [3.63, 3.8) is 0 Å². The Hall–Kier alpha value is -0.540. The highest BCUT2D eigenvalue weighted by atomic mass is 32.1. The average Bonchev–Trinajstić information content (AvgIpc) is 2.57. The van der Waals surface area contributed by atoms with Crippen LogP contribution >= 0.6 is 11.3 Å². The summed E-state index contributed by atoms with van der Waals surface area (Å²) < 4.78 is 0. The van der Waals surface area contributed by atoms with Crippen molar-refractivity contribution in [3.8, 4) is 0 Å². The van der Waals surface area contributed by atoms with Crippen molar-refractivity contribution in [1.29, 1.82) is 0 Å². The predicted octanol–water partition coefficient (Wildman–Crippen LogP) is 2.25. The van der Waals surface area contributed by atoms with Gasteiger partial charge in [0, 0.05) is 23.7 Å². The molecule has 72 valence electrons. The Labute approximate surface area is 83.6 Å². The van der Waals surface area contributed by atoms with Gasteiger partial charge in [-0.15, -0.1) is 0 Å². The molecule has 2 heterocycles. The number of rotatable bonds is 2. The van der Waals surface area contributed by atoms with Crippen LogP contribution in [0, 0.1) is 0 Å². The first-order valence-corrected chi connectivity index (χ1v) is 5.76. The molecule has 1 aliphatic rings. The Bertz CT molecular complexity index is 245. The van der Waals surface area contributed by atoms with E-state index in [0.717, 1.165) is 0 Å². The summed E-state index contributed by atoms with van der Waals surface area (Å²) in [5.74, 6) is 0. The number of hydrogen-bond acceptors (Lipinski definition) is 3. The molecular weight excluding hydrogens is 180 g/mol. The van der Waals surface area contributed by atoms with E-state index in [9.17, 15) is 0 Å². The maximum Gasteiger partial charge on any atom is 0.0451 e. The van der Waals surface area contributed by atoms with Crippen LogP contribution < -0.4 is 5.32 Å². The minimum atomic E-state index is 0.647. The Morgan fingerprint density at radius 3 is 3.23 bits per heavy atom. The van der Waals surface area contributed by atoms with Gasteiger partial charge in [-0.25, -0.2) is 0 Å². The van der Waals surface area contributed by atoms with E-state index in [1.165, 1.54) is 31.6 Å². The number of piperidine rings is 1. The van der Waals surface area contributed by atoms with Gasteiger partial charge >= 0.3 is 0 Å². The van der Waals surface area contributed by atoms with Gasteiger partial charge in [-0.3, -0.25) is 0 Å². The molecule has 13 heavy (non-hydrogen) atoms. The number of nitrogens with one attached hydrogen (secondary N) is 1. The number of thiophene rings is 1. The summed E-state index contributed by atoms with van der Waals surface area (Å²) in [7, 11) is 2.20. The zero-order chi connectivity index (χ0) is 9.10. The number of likely N-dealkylation sites (tertiary alicyclic amines) is 1. The summed E-state index contributed by atoms with van der Waals surface area (Å²) in [6, 6.07) is 2.80. The minimum Gasteiger partial charge on any atom is -0.380 e. The predicted molar refractivity (Wildman–Crippen MR) is 58.5 cm³/mol. The Balaban J connectivity index is 1.87. The molecule has 0 spiro atoms. The molecule has 0 bridgehead atoms. The van der Waals surface area contributed by atoms with Gasteiger partial charge in [-0.05, 0) is 37.9 Å². The lowest BCUT2D eigenvalue weighted by Crippen LogP contribution is -2.39. The zero-order valence-corrected chi connectivity index (χ0v) is 8.81. The van der Waals surface area contributed by atoms with Crippen LogP contribution in [0.1, 0.15) is 12.8 Å². The van der Waals surface area contributed by atoms with Gasteiger partial charge in [0.15, 0.2) is 0 Å². The maximum absolute atomic E-state index is 3.56. The summed E-state index contributed by atoms with van der Waals surface area (Å²) in [6.07, 6.45) is 2.62. The van der Waals surface area contributed by atoms with E-state index < -0.39 is 0 Å². The zero-order valence-electron chi connectivity index (χ0n) is 7.99. The maximum atomic E-state index is 3.56. The molecule has 0 aromatic carbocycles. The fourth-order valence-corrected chi connectivity index (χ4v) is 2.46. The second kappa shape index (κ2) is 4.11. The van der Waals surface area contributed by atoms with Crippen molar-refractivity contribution in [3.05, 3.63) is 16.8 Å². The lowest BCUT2D eigenvalue weighted by atomic mass is 10.1. The van der Waals surface area contributed by atoms with E-state index in [1.54, 1.807) is 11.3 Å². The van der Waals surface area contributed by atoms with Crippen molar-refractivity contribution >= 4 is 17.0 Å². The lowest BCUT2D eigenvalue weighted by molar-refractivity contribution is 0.261. The Morgan fingerprint density at radius 1 is 1.62 bits per heavy atom. The van der Waals surface area contributed by atoms with Crippen molar-refractivity contribution in [2.75, 3.05) is 25.5 Å². The fraction of sp³-hybridized carbons (Fsp3) is 0.600. The smallest absolute Gasteiger partial charge is 0.0451 e. The van der Waals surface area contributed by atoms with E-state index in [1.807, 2.05) is 0 Å². The molecule has 0 amide bonds. The van der Waals surface area contributed by atoms with Crippen LogP contribution in [-0.2, 0) is 0 Å². The van der Waals surface area contributed by atoms with E-state index in [0.29, 0.717) is 6.04 Å². The van der Waals surface area contributed by atoms with E-state index in [4.69, 9.17) is 0 Å². The lowest BCUT2D eigenvalue weighted by Gasteiger charge is -2.30. The van der Waals surface area contributed by atoms with Gasteiger partial charge in [-0.1, -0.05) is 0 Å². The van der Waals surface area contributed by atoms with E-state index >= 15 is 0 Å². The SMILES string of the molecule is CN1CCCC(Nc2ccsc2)C1. The summed E-state index contributed by atoms with van der Waals surface area (Å²) in [4.78, 5) is 2.40. The third-order valence-electron chi connectivity index (χ3n) is 2.52. The van der Waals surface area contributed by atoms with Crippen LogP contribution in [0.25, 0.3) is 0 Å². The Kier molecular flexibility index (Phi) is 2.86. The molecule has 1 saturated heterocycles. The van der Waals surface area contributed by atoms with Gasteiger partial charge < -0.3 is 10.2 Å². The average molecular weight is 196 g/mol. The van der Waals surface area contributed by atoms with Crippen molar-refractivity contribution < 1.29 is 0 Å². The molecule has 1 fully saturated rings. The molecule has 1 aliphatic heterocycles. The second-order valence-electron chi connectivity index (χ2n) is 3.76. The Morgan fingerprint density at radius 2 is 2.54 bits per heavy atom. The third kappa shape index (κ3) is 2.45. The molecule has 1 unspecified atom stereocenters. The van der Waals surface area contributed by atoms with Gasteiger partial charge in [0.25, 0.3) is 0 Å². The van der Waals surface area contributed by atoms with Crippen LogP contribution in [0.2, 0.25) is 0 Å². The van der Waals surface area contributed by atoms with Crippen molar-refractivity contribution in [1.82, 2.24) is 4.90 Å². The summed E-state index contributed by atoms with van der Waals surface area (Å²) >= 11 is 1.75.